The highest BCUT2D eigenvalue weighted by molar-refractivity contribution is 7.85. The summed E-state index contributed by atoms with van der Waals surface area (Å²) < 4.78 is 32.6. The van der Waals surface area contributed by atoms with Crippen LogP contribution in [0.15, 0.2) is 42.5 Å². The lowest BCUT2D eigenvalue weighted by Gasteiger charge is -2.34. The Kier molecular flexibility index (Phi) is 33.5. The Hall–Kier alpha value is -9.26. The van der Waals surface area contributed by atoms with Gasteiger partial charge in [0.05, 0.1) is 103 Å². The first-order valence-electron chi connectivity index (χ1n) is 38.1. The lowest BCUT2D eigenvalue weighted by molar-refractivity contribution is -0.150. The third-order valence-electron chi connectivity index (χ3n) is 21.9. The number of Topliss-reactive ketones (excluding diaryl/α,β-unsaturated/α-hetero) is 2. The molecule has 0 saturated carbocycles. The van der Waals surface area contributed by atoms with E-state index in [-0.39, 0.29) is 24.3 Å². The highest BCUT2D eigenvalue weighted by Gasteiger charge is 2.54. The number of nitrogens with two attached hydrogens (primary N) is 3. The van der Waals surface area contributed by atoms with Crippen LogP contribution < -0.4 is 49.1 Å². The van der Waals surface area contributed by atoms with E-state index in [9.17, 15) is 167 Å². The van der Waals surface area contributed by atoms with Crippen molar-refractivity contribution in [2.45, 2.75) is 244 Å². The molecule has 47 nitrogen and oxygen atoms in total. The van der Waals surface area contributed by atoms with Gasteiger partial charge in [0, 0.05) is 82.1 Å². The maximum atomic E-state index is 14.4. The van der Waals surface area contributed by atoms with E-state index in [0.717, 1.165) is 53.7 Å². The number of phenolic OH excluding ortho intramolecular Hbond substituents is 2. The van der Waals surface area contributed by atoms with Crippen LogP contribution in [0, 0.1) is 23.7 Å². The van der Waals surface area contributed by atoms with Crippen molar-refractivity contribution in [3.8, 4) is 11.5 Å². The quantitative estimate of drug-likeness (QED) is 0.0781. The molecule has 2 aromatic carbocycles. The number of fused-ring (bicyclic) bond motifs is 4. The largest absolute Gasteiger partial charge is 0.508 e. The van der Waals surface area contributed by atoms with Crippen molar-refractivity contribution in [2.75, 3.05) is 26.2 Å². The Labute approximate surface area is 684 Å². The number of amides is 11. The predicted molar refractivity (Wildman–Crippen MR) is 401 cm³/mol. The van der Waals surface area contributed by atoms with Crippen molar-refractivity contribution in [1.82, 2.24) is 51.5 Å². The molecule has 6 saturated heterocycles. The van der Waals surface area contributed by atoms with E-state index >= 15 is 0 Å². The van der Waals surface area contributed by atoms with Crippen molar-refractivity contribution < 1.29 is 167 Å². The van der Waals surface area contributed by atoms with Gasteiger partial charge in [0.25, 0.3) is 10.1 Å². The van der Waals surface area contributed by atoms with E-state index in [4.69, 9.17) is 17.2 Å². The maximum absolute atomic E-state index is 14.4. The molecule has 6 aliphatic heterocycles. The van der Waals surface area contributed by atoms with Gasteiger partial charge in [-0.05, 0) is 56.2 Å². The minimum absolute atomic E-state index is 0.0101. The van der Waals surface area contributed by atoms with Gasteiger partial charge in [-0.25, -0.2) is 0 Å². The van der Waals surface area contributed by atoms with Crippen LogP contribution in [0.3, 0.4) is 0 Å². The van der Waals surface area contributed by atoms with Gasteiger partial charge in [-0.1, -0.05) is 32.0 Å². The van der Waals surface area contributed by atoms with Crippen LogP contribution in [0.1, 0.15) is 108 Å². The van der Waals surface area contributed by atoms with Crippen LogP contribution >= 0.6 is 0 Å². The van der Waals surface area contributed by atoms with Gasteiger partial charge >= 0.3 is 0 Å². The van der Waals surface area contributed by atoms with Gasteiger partial charge < -0.3 is 161 Å². The van der Waals surface area contributed by atoms with Crippen molar-refractivity contribution in [3.63, 3.8) is 0 Å². The Morgan fingerprint density at radius 3 is 1.20 bits per heavy atom. The summed E-state index contributed by atoms with van der Waals surface area (Å²) in [6.07, 6.45) is -36.0. The molecule has 31 N–H and O–H groups in total. The molecule has 0 aliphatic carbocycles. The highest BCUT2D eigenvalue weighted by Crippen LogP contribution is 2.35. The molecule has 2 aromatic rings. The summed E-state index contributed by atoms with van der Waals surface area (Å²) in [6.45, 7) is 4.34. The number of nitrogens with zero attached hydrogens (tertiary/aromatic N) is 4. The van der Waals surface area contributed by atoms with E-state index in [2.05, 4.69) is 26.6 Å². The summed E-state index contributed by atoms with van der Waals surface area (Å²) in [6, 6.07) is -10.7. The monoisotopic (exact) mass is 1730 g/mol. The molecule has 6 fully saturated rings. The van der Waals surface area contributed by atoms with Crippen LogP contribution in [-0.2, 0) is 78.2 Å². The average Bonchev–Trinajstić information content (AvgIpc) is 1.61. The standard InChI is InChI=1S/C37H55N7O19S.C35H52N6O15/c1-13-10-44-28(29(13)52)35(58)42-34(57)24(50)8-19(38)33(56)40-26(14(2)45)36(59)43-11-17(46)6-20(43)22(48)7-18(32(55)41-27(37(44)60)23(49)9-25(39)51)31(54)30(53)15-3-4-21(47)16(5-15)12-64(61,62)63;1-13-11-41-26(27(13)48)33(54)39-32(53)23(47)10-20(36)31(52)38-24(14(2)42)34(55)40-12-18(45)8-21(40)22(46)9-19(30(51)37-25(15(3)43)35(41)56)29(50)28(49)16-4-6-17(44)7-5-16/h3-5,13-14,17-20,23-24,26-31,34,45-47,49-50,52-54,57H,6-12,38H2,1-2H3,(H2,39,51)(H,40,56)(H,41,55)(H,42,58)(H,61,62,63);4-7,13-15,18-21,23-29,32,42-45,47-50,53H,8-12,36H2,1-3H3,(H,37,51)(H,38,52)(H,39,54)/t13?,14?,17?,18-,19+,20-,23?,24+,26-,27-,28-,29?,30?,31?,34?;13?,14?,15?,18?,19-,20+,21-,23+,24-,25-,26-,27?,28?,29?,32?/m00/s1. The SMILES string of the molecule is CC1CN2C(=O)[C@H](C(C)O)NC(=O)[C@H](C(O)C(O)c3ccc(O)cc3)CC(=O)[C@@H]3CC(O)CN3C(=O)[C@H](C(C)O)NC(=O)[C@H](N)C[C@@H](O)C(O)NC(=O)[C@@H]2C1O.CC1CN2C(=O)[C@H](C(O)CC(N)=O)NC(=O)[C@H](C(O)C(O)c3ccc(O)c(CS(=O)(=O)O)c3)CC(=O)[C@@H]3CC(O)CN3C(=O)[C@H](C(C)O)NC(=O)[C@H](N)C[C@@H](O)C(O)NC(=O)[C@@H]2C1O. The van der Waals surface area contributed by atoms with E-state index in [1.165, 1.54) is 38.1 Å². The highest BCUT2D eigenvalue weighted by atomic mass is 32.2. The molecule has 120 heavy (non-hydrogen) atoms. The number of carbonyl (C=O) groups excluding carboxylic acids is 13. The van der Waals surface area contributed by atoms with Gasteiger partial charge in [0.2, 0.25) is 65.0 Å². The molecule has 0 aromatic heterocycles. The minimum Gasteiger partial charge on any atom is -0.508 e. The third-order valence-corrected chi connectivity index (χ3v) is 22.6. The average molecular weight is 1730 g/mol. The van der Waals surface area contributed by atoms with Gasteiger partial charge in [0.15, 0.2) is 24.0 Å². The zero-order valence-electron chi connectivity index (χ0n) is 65.4. The topological polar surface area (TPSA) is 804 Å². The summed E-state index contributed by atoms with van der Waals surface area (Å²) >= 11 is 0. The van der Waals surface area contributed by atoms with Crippen LogP contribution in [0.4, 0.5) is 0 Å². The molecule has 6 aliphatic rings. The number of aliphatic hydroxyl groups is 16. The van der Waals surface area contributed by atoms with E-state index in [1.807, 2.05) is 5.32 Å². The first kappa shape index (κ1) is 97.9. The van der Waals surface area contributed by atoms with E-state index in [1.54, 1.807) is 0 Å². The summed E-state index contributed by atoms with van der Waals surface area (Å²) in [5.74, 6) is -23.5. The number of ketones is 2. The smallest absolute Gasteiger partial charge is 0.269 e. The number of aromatic hydroxyl groups is 2. The first-order chi connectivity index (χ1) is 55.8. The fraction of sp³-hybridized carbons (Fsp3) is 0.653. The number of primary amides is 1. The number of aliphatic hydroxyl groups excluding tert-OH is 16. The molecule has 0 spiro atoms. The Balaban J connectivity index is 0.000000334. The summed E-state index contributed by atoms with van der Waals surface area (Å²) in [4.78, 5) is 181. The first-order valence-corrected chi connectivity index (χ1v) is 39.7. The molecule has 48 heteroatoms. The molecular weight excluding hydrogens is 1620 g/mol. The number of hydrogen-bond acceptors (Lipinski definition) is 35. The zero-order valence-corrected chi connectivity index (χ0v) is 66.2. The maximum Gasteiger partial charge on any atom is 0.269 e. The molecule has 670 valence electrons. The van der Waals surface area contributed by atoms with E-state index < -0.39 is 349 Å². The molecule has 30 atom stereocenters. The predicted octanol–water partition coefficient (Wildman–Crippen LogP) is -14.2. The Morgan fingerprint density at radius 1 is 0.475 bits per heavy atom. The number of rotatable bonds is 14. The van der Waals surface area contributed by atoms with Crippen LogP contribution in [0.2, 0.25) is 0 Å². The summed E-state index contributed by atoms with van der Waals surface area (Å²) in [7, 11) is -4.79. The van der Waals surface area contributed by atoms with Crippen LogP contribution in [0.25, 0.3) is 0 Å². The fourth-order valence-electron chi connectivity index (χ4n) is 15.1. The number of carbonyl (C=O) groups is 13. The van der Waals surface area contributed by atoms with Gasteiger partial charge in [-0.3, -0.25) is 66.9 Å². The van der Waals surface area contributed by atoms with Crippen molar-refractivity contribution >= 4 is 86.7 Å². The summed E-state index contributed by atoms with van der Waals surface area (Å²) in [5.41, 5.74) is 16.3. The summed E-state index contributed by atoms with van der Waals surface area (Å²) in [5, 5.41) is 207. The molecule has 0 radical (unpaired) electrons. The van der Waals surface area contributed by atoms with Gasteiger partial charge in [-0.2, -0.15) is 8.42 Å². The number of phenols is 2. The molecular formula is C72H107N13O34S. The second-order valence-electron chi connectivity index (χ2n) is 31.4. The number of hydrogen-bond donors (Lipinski definition) is 28. The zero-order chi connectivity index (χ0) is 90.2. The van der Waals surface area contributed by atoms with Crippen LogP contribution in [0.5, 0.6) is 11.5 Å². The van der Waals surface area contributed by atoms with Crippen LogP contribution in [-0.4, -0.2) is 373 Å². The Bertz CT molecular complexity index is 4190. The normalized spacial score (nSPS) is 33.9. The number of benzene rings is 2. The van der Waals surface area contributed by atoms with Crippen molar-refractivity contribution in [2.24, 2.45) is 40.9 Å². The lowest BCUT2D eigenvalue weighted by atomic mass is 9.86. The lowest BCUT2D eigenvalue weighted by Crippen LogP contribution is -2.61. The van der Waals surface area contributed by atoms with Gasteiger partial charge in [-0.15, -0.1) is 0 Å². The number of nitrogens with one attached hydrogen (secondary N) is 6. The molecule has 0 bridgehead atoms. The van der Waals surface area contributed by atoms with Gasteiger partial charge in [0.1, 0.15) is 77.9 Å². The fourth-order valence-corrected chi connectivity index (χ4v) is 15.7. The Morgan fingerprint density at radius 2 is 0.825 bits per heavy atom. The molecule has 11 amide bonds. The molecule has 16 unspecified atom stereocenters. The third kappa shape index (κ3) is 23.7. The van der Waals surface area contributed by atoms with Crippen molar-refractivity contribution in [1.29, 1.82) is 0 Å². The molecule has 8 rings (SSSR count). The van der Waals surface area contributed by atoms with Crippen molar-refractivity contribution in [3.05, 3.63) is 59.2 Å². The second-order valence-corrected chi connectivity index (χ2v) is 32.8. The van der Waals surface area contributed by atoms with E-state index in [0.29, 0.717) is 4.90 Å². The minimum atomic E-state index is -4.79. The second kappa shape index (κ2) is 41.1. The molecule has 6 heterocycles.